The zero-order chi connectivity index (χ0) is 17.7. The summed E-state index contributed by atoms with van der Waals surface area (Å²) in [6.45, 7) is 7.66. The van der Waals surface area contributed by atoms with Crippen LogP contribution in [0.4, 0.5) is 0 Å². The predicted molar refractivity (Wildman–Crippen MR) is 116 cm³/mol. The zero-order valence-corrected chi connectivity index (χ0v) is 19.0. The standard InChI is InChI=1S/C19H36N4O2.HI/c1-4-20-18(21-10-12-23(2)11-6-13-24-3)22-16-15-7-14-25-17(15)19(16)8-5-9-19;/h15-17H,4-14H2,1-3H3,(H2,20,21,22);1H. The Labute approximate surface area is 175 Å². The second-order valence-corrected chi connectivity index (χ2v) is 7.86. The topological polar surface area (TPSA) is 58.1 Å². The minimum absolute atomic E-state index is 0. The molecule has 0 amide bonds. The molecule has 26 heavy (non-hydrogen) atoms. The van der Waals surface area contributed by atoms with Gasteiger partial charge >= 0.3 is 0 Å². The van der Waals surface area contributed by atoms with Crippen molar-refractivity contribution in [2.45, 2.75) is 51.2 Å². The summed E-state index contributed by atoms with van der Waals surface area (Å²) in [7, 11) is 3.91. The number of methoxy groups -OCH3 is 1. The van der Waals surface area contributed by atoms with E-state index in [1.165, 1.54) is 25.7 Å². The quantitative estimate of drug-likeness (QED) is 0.229. The molecule has 1 saturated heterocycles. The number of halogens is 1. The maximum Gasteiger partial charge on any atom is 0.191 e. The Hall–Kier alpha value is -0.120. The SMILES string of the molecule is CCNC(=NCCN(C)CCCOC)NC1C2CCOC2C12CCC2.I. The van der Waals surface area contributed by atoms with E-state index in [-0.39, 0.29) is 24.0 Å². The summed E-state index contributed by atoms with van der Waals surface area (Å²) in [5, 5.41) is 7.20. The van der Waals surface area contributed by atoms with Crippen molar-refractivity contribution in [3.05, 3.63) is 0 Å². The molecule has 0 bridgehead atoms. The molecular formula is C19H37IN4O2. The first-order valence-electron chi connectivity index (χ1n) is 10.0. The highest BCUT2D eigenvalue weighted by Crippen LogP contribution is 2.62. The summed E-state index contributed by atoms with van der Waals surface area (Å²) in [6.07, 6.45) is 6.76. The molecule has 2 saturated carbocycles. The van der Waals surface area contributed by atoms with Crippen LogP contribution in [-0.2, 0) is 9.47 Å². The number of nitrogens with one attached hydrogen (secondary N) is 2. The number of ether oxygens (including phenoxy) is 2. The molecule has 2 N–H and O–H groups in total. The number of hydrogen-bond donors (Lipinski definition) is 2. The molecule has 1 aliphatic heterocycles. The smallest absolute Gasteiger partial charge is 0.191 e. The summed E-state index contributed by atoms with van der Waals surface area (Å²) < 4.78 is 11.1. The highest BCUT2D eigenvalue weighted by atomic mass is 127. The van der Waals surface area contributed by atoms with Crippen molar-refractivity contribution in [1.82, 2.24) is 15.5 Å². The average Bonchev–Trinajstić information content (AvgIpc) is 2.96. The van der Waals surface area contributed by atoms with Crippen molar-refractivity contribution < 1.29 is 9.47 Å². The van der Waals surface area contributed by atoms with Gasteiger partial charge in [0.1, 0.15) is 0 Å². The fourth-order valence-electron chi connectivity index (χ4n) is 4.85. The average molecular weight is 480 g/mol. The Kier molecular flexibility index (Phi) is 8.90. The van der Waals surface area contributed by atoms with Gasteiger partial charge in [-0.15, -0.1) is 24.0 Å². The van der Waals surface area contributed by atoms with Crippen LogP contribution in [0.25, 0.3) is 0 Å². The number of rotatable bonds is 9. The maximum absolute atomic E-state index is 6.02. The molecule has 3 atom stereocenters. The van der Waals surface area contributed by atoms with Crippen molar-refractivity contribution in [3.63, 3.8) is 0 Å². The Morgan fingerprint density at radius 3 is 2.81 bits per heavy atom. The highest BCUT2D eigenvalue weighted by molar-refractivity contribution is 14.0. The zero-order valence-electron chi connectivity index (χ0n) is 16.6. The van der Waals surface area contributed by atoms with E-state index in [2.05, 4.69) is 29.5 Å². The molecule has 7 heteroatoms. The normalized spacial score (nSPS) is 28.9. The first kappa shape index (κ1) is 22.2. The van der Waals surface area contributed by atoms with E-state index in [0.29, 0.717) is 23.5 Å². The molecule has 3 unspecified atom stereocenters. The van der Waals surface area contributed by atoms with Crippen molar-refractivity contribution in [2.24, 2.45) is 16.3 Å². The van der Waals surface area contributed by atoms with Gasteiger partial charge < -0.3 is 25.0 Å². The van der Waals surface area contributed by atoms with Gasteiger partial charge in [-0.1, -0.05) is 6.42 Å². The van der Waals surface area contributed by atoms with Crippen molar-refractivity contribution in [1.29, 1.82) is 0 Å². The van der Waals surface area contributed by atoms with E-state index in [0.717, 1.165) is 51.8 Å². The summed E-state index contributed by atoms with van der Waals surface area (Å²) in [4.78, 5) is 7.15. The third-order valence-corrected chi connectivity index (χ3v) is 6.31. The van der Waals surface area contributed by atoms with Gasteiger partial charge in [-0.3, -0.25) is 4.99 Å². The van der Waals surface area contributed by atoms with Crippen molar-refractivity contribution in [3.8, 4) is 0 Å². The Bertz CT molecular complexity index is 459. The number of hydrogen-bond acceptors (Lipinski definition) is 4. The van der Waals surface area contributed by atoms with Gasteiger partial charge in [-0.05, 0) is 39.7 Å². The fraction of sp³-hybridized carbons (Fsp3) is 0.947. The van der Waals surface area contributed by atoms with Crippen LogP contribution in [-0.4, -0.2) is 76.6 Å². The van der Waals surface area contributed by atoms with Crippen LogP contribution in [0.3, 0.4) is 0 Å². The second-order valence-electron chi connectivity index (χ2n) is 7.86. The van der Waals surface area contributed by atoms with Crippen LogP contribution >= 0.6 is 24.0 Å². The van der Waals surface area contributed by atoms with Gasteiger partial charge in [0.2, 0.25) is 0 Å². The molecular weight excluding hydrogens is 443 g/mol. The number of nitrogens with zero attached hydrogens (tertiary/aromatic N) is 2. The summed E-state index contributed by atoms with van der Waals surface area (Å²) in [5.41, 5.74) is 0.397. The van der Waals surface area contributed by atoms with Gasteiger partial charge in [-0.2, -0.15) is 0 Å². The summed E-state index contributed by atoms with van der Waals surface area (Å²) >= 11 is 0. The molecule has 3 fully saturated rings. The summed E-state index contributed by atoms with van der Waals surface area (Å²) in [6, 6.07) is 0.547. The van der Waals surface area contributed by atoms with E-state index in [1.54, 1.807) is 7.11 Å². The largest absolute Gasteiger partial charge is 0.385 e. The Morgan fingerprint density at radius 1 is 1.35 bits per heavy atom. The van der Waals surface area contributed by atoms with Crippen LogP contribution in [0.15, 0.2) is 4.99 Å². The van der Waals surface area contributed by atoms with Gasteiger partial charge in [0.05, 0.1) is 12.6 Å². The van der Waals surface area contributed by atoms with E-state index in [4.69, 9.17) is 14.5 Å². The second kappa shape index (κ2) is 10.4. The molecule has 6 nitrogen and oxygen atoms in total. The van der Waals surface area contributed by atoms with Crippen molar-refractivity contribution >= 4 is 29.9 Å². The fourth-order valence-corrected chi connectivity index (χ4v) is 4.85. The van der Waals surface area contributed by atoms with Crippen LogP contribution < -0.4 is 10.6 Å². The van der Waals surface area contributed by atoms with Gasteiger partial charge in [0.15, 0.2) is 5.96 Å². The van der Waals surface area contributed by atoms with E-state index >= 15 is 0 Å². The maximum atomic E-state index is 6.02. The lowest BCUT2D eigenvalue weighted by molar-refractivity contribution is -0.171. The van der Waals surface area contributed by atoms with Crippen molar-refractivity contribution in [2.75, 3.05) is 53.6 Å². The van der Waals surface area contributed by atoms with Crippen LogP contribution in [0.2, 0.25) is 0 Å². The van der Waals surface area contributed by atoms with Gasteiger partial charge in [-0.25, -0.2) is 0 Å². The number of guanidine groups is 1. The molecule has 0 aromatic carbocycles. The lowest BCUT2D eigenvalue weighted by Crippen LogP contribution is -2.72. The Morgan fingerprint density at radius 2 is 2.15 bits per heavy atom. The molecule has 0 radical (unpaired) electrons. The highest BCUT2D eigenvalue weighted by Gasteiger charge is 2.66. The summed E-state index contributed by atoms with van der Waals surface area (Å²) in [5.74, 6) is 1.66. The van der Waals surface area contributed by atoms with Crippen LogP contribution in [0.1, 0.15) is 39.0 Å². The molecule has 3 aliphatic rings. The minimum atomic E-state index is 0. The monoisotopic (exact) mass is 480 g/mol. The van der Waals surface area contributed by atoms with E-state index in [9.17, 15) is 0 Å². The molecule has 0 aromatic rings. The van der Waals surface area contributed by atoms with Gasteiger partial charge in [0, 0.05) is 57.3 Å². The number of likely N-dealkylation sites (N-methyl/N-ethyl adjacent to an activating group) is 1. The third kappa shape index (κ3) is 4.64. The van der Waals surface area contributed by atoms with E-state index in [1.807, 2.05) is 0 Å². The molecule has 152 valence electrons. The molecule has 2 aliphatic carbocycles. The first-order chi connectivity index (χ1) is 12.2. The first-order valence-corrected chi connectivity index (χ1v) is 10.0. The molecule has 0 aromatic heterocycles. The third-order valence-electron chi connectivity index (χ3n) is 6.31. The lowest BCUT2D eigenvalue weighted by atomic mass is 9.46. The predicted octanol–water partition coefficient (Wildman–Crippen LogP) is 2.09. The van der Waals surface area contributed by atoms with Crippen LogP contribution in [0, 0.1) is 11.3 Å². The number of aliphatic imine (C=N–C) groups is 1. The molecule has 1 spiro atoms. The molecule has 3 rings (SSSR count). The van der Waals surface area contributed by atoms with Gasteiger partial charge in [0.25, 0.3) is 0 Å². The molecule has 1 heterocycles. The Balaban J connectivity index is 0.00000243. The van der Waals surface area contributed by atoms with Crippen LogP contribution in [0.5, 0.6) is 0 Å². The minimum Gasteiger partial charge on any atom is -0.385 e. The van der Waals surface area contributed by atoms with E-state index < -0.39 is 0 Å². The number of fused-ring (bicyclic) bond motifs is 2. The lowest BCUT2D eigenvalue weighted by Gasteiger charge is -2.63.